The van der Waals surface area contributed by atoms with Crippen molar-refractivity contribution in [3.8, 4) is 0 Å². The SMILES string of the molecule is CC1CC(C)C(N(CC(F)(F)F)C(C)C)C(O)C1. The number of aliphatic hydroxyl groups is 1. The van der Waals surface area contributed by atoms with Crippen LogP contribution in [-0.2, 0) is 0 Å². The molecule has 4 atom stereocenters. The summed E-state index contributed by atoms with van der Waals surface area (Å²) in [5.41, 5.74) is 0. The van der Waals surface area contributed by atoms with Crippen LogP contribution in [0.4, 0.5) is 13.2 Å². The molecular formula is C13H24F3NO. The summed E-state index contributed by atoms with van der Waals surface area (Å²) in [7, 11) is 0. The molecule has 1 aliphatic carbocycles. The third-order valence-electron chi connectivity index (χ3n) is 3.80. The van der Waals surface area contributed by atoms with E-state index in [1.165, 1.54) is 4.90 Å². The van der Waals surface area contributed by atoms with Crippen LogP contribution in [-0.4, -0.2) is 40.9 Å². The Morgan fingerprint density at radius 3 is 2.17 bits per heavy atom. The van der Waals surface area contributed by atoms with E-state index in [9.17, 15) is 18.3 Å². The van der Waals surface area contributed by atoms with Gasteiger partial charge in [0.15, 0.2) is 0 Å². The van der Waals surface area contributed by atoms with E-state index in [4.69, 9.17) is 0 Å². The number of hydrogen-bond acceptors (Lipinski definition) is 2. The highest BCUT2D eigenvalue weighted by Gasteiger charge is 2.42. The lowest BCUT2D eigenvalue weighted by molar-refractivity contribution is -0.168. The van der Waals surface area contributed by atoms with Gasteiger partial charge in [0.1, 0.15) is 0 Å². The Hall–Kier alpha value is -0.290. The van der Waals surface area contributed by atoms with Crippen LogP contribution in [0.1, 0.15) is 40.5 Å². The normalized spacial score (nSPS) is 34.3. The standard InChI is InChI=1S/C13H24F3NO/c1-8(2)17(7-13(14,15)16)12-10(4)5-9(3)6-11(12)18/h8-12,18H,5-7H2,1-4H3. The minimum atomic E-state index is -4.22. The van der Waals surface area contributed by atoms with Gasteiger partial charge < -0.3 is 5.11 Å². The van der Waals surface area contributed by atoms with E-state index < -0.39 is 18.8 Å². The van der Waals surface area contributed by atoms with Gasteiger partial charge in [-0.25, -0.2) is 0 Å². The molecule has 0 aromatic carbocycles. The fourth-order valence-corrected chi connectivity index (χ4v) is 3.19. The number of hydrogen-bond donors (Lipinski definition) is 1. The summed E-state index contributed by atoms with van der Waals surface area (Å²) >= 11 is 0. The molecule has 0 aromatic rings. The van der Waals surface area contributed by atoms with Gasteiger partial charge in [-0.15, -0.1) is 0 Å². The molecule has 18 heavy (non-hydrogen) atoms. The van der Waals surface area contributed by atoms with Crippen molar-refractivity contribution in [1.82, 2.24) is 4.90 Å². The van der Waals surface area contributed by atoms with Gasteiger partial charge >= 0.3 is 6.18 Å². The Morgan fingerprint density at radius 2 is 1.78 bits per heavy atom. The zero-order chi connectivity index (χ0) is 14.1. The lowest BCUT2D eigenvalue weighted by atomic mass is 9.77. The molecule has 1 saturated carbocycles. The van der Waals surface area contributed by atoms with E-state index in [2.05, 4.69) is 0 Å². The number of halogens is 3. The van der Waals surface area contributed by atoms with E-state index in [0.717, 1.165) is 6.42 Å². The van der Waals surface area contributed by atoms with Crippen LogP contribution in [0.2, 0.25) is 0 Å². The summed E-state index contributed by atoms with van der Waals surface area (Å²) in [6.07, 6.45) is -3.40. The van der Waals surface area contributed by atoms with Crippen LogP contribution in [0.3, 0.4) is 0 Å². The van der Waals surface area contributed by atoms with Gasteiger partial charge in [0.2, 0.25) is 0 Å². The summed E-state index contributed by atoms with van der Waals surface area (Å²) in [4.78, 5) is 1.40. The van der Waals surface area contributed by atoms with Gasteiger partial charge in [-0.2, -0.15) is 13.2 Å². The van der Waals surface area contributed by atoms with Gasteiger partial charge in [0.05, 0.1) is 12.6 Å². The lowest BCUT2D eigenvalue weighted by Crippen LogP contribution is -2.56. The maximum absolute atomic E-state index is 12.6. The quantitative estimate of drug-likeness (QED) is 0.849. The van der Waals surface area contributed by atoms with Gasteiger partial charge in [-0.1, -0.05) is 13.8 Å². The van der Waals surface area contributed by atoms with Crippen LogP contribution < -0.4 is 0 Å². The predicted molar refractivity (Wildman–Crippen MR) is 65.3 cm³/mol. The van der Waals surface area contributed by atoms with E-state index >= 15 is 0 Å². The lowest BCUT2D eigenvalue weighted by Gasteiger charge is -2.45. The molecule has 108 valence electrons. The molecular weight excluding hydrogens is 243 g/mol. The maximum atomic E-state index is 12.6. The molecule has 0 radical (unpaired) electrons. The molecule has 0 aromatic heterocycles. The molecule has 2 nitrogen and oxygen atoms in total. The molecule has 0 heterocycles. The molecule has 1 rings (SSSR count). The fourth-order valence-electron chi connectivity index (χ4n) is 3.19. The van der Waals surface area contributed by atoms with Crippen molar-refractivity contribution in [2.75, 3.05) is 6.54 Å². The second-order valence-electron chi connectivity index (χ2n) is 5.99. The monoisotopic (exact) mass is 267 g/mol. The van der Waals surface area contributed by atoms with Crippen molar-refractivity contribution >= 4 is 0 Å². The number of alkyl halides is 3. The van der Waals surface area contributed by atoms with Crippen LogP contribution >= 0.6 is 0 Å². The minimum Gasteiger partial charge on any atom is -0.391 e. The first kappa shape index (κ1) is 15.8. The van der Waals surface area contributed by atoms with Crippen molar-refractivity contribution < 1.29 is 18.3 Å². The van der Waals surface area contributed by atoms with Crippen LogP contribution in [0.5, 0.6) is 0 Å². The summed E-state index contributed by atoms with van der Waals surface area (Å²) < 4.78 is 37.9. The molecule has 0 bridgehead atoms. The Balaban J connectivity index is 2.84. The molecule has 1 N–H and O–H groups in total. The van der Waals surface area contributed by atoms with E-state index in [1.807, 2.05) is 13.8 Å². The van der Waals surface area contributed by atoms with E-state index in [1.54, 1.807) is 13.8 Å². The van der Waals surface area contributed by atoms with Crippen molar-refractivity contribution in [2.45, 2.75) is 64.9 Å². The third-order valence-corrected chi connectivity index (χ3v) is 3.80. The number of nitrogens with zero attached hydrogens (tertiary/aromatic N) is 1. The smallest absolute Gasteiger partial charge is 0.391 e. The molecule has 5 heteroatoms. The first-order chi connectivity index (χ1) is 8.11. The zero-order valence-corrected chi connectivity index (χ0v) is 11.5. The molecule has 4 unspecified atom stereocenters. The third kappa shape index (κ3) is 4.12. The average molecular weight is 267 g/mol. The largest absolute Gasteiger partial charge is 0.401 e. The summed E-state index contributed by atoms with van der Waals surface area (Å²) in [6, 6.07) is -0.607. The predicted octanol–water partition coefficient (Wildman–Crippen LogP) is 3.05. The first-order valence-electron chi connectivity index (χ1n) is 6.62. The molecule has 0 amide bonds. The highest BCUT2D eigenvalue weighted by atomic mass is 19.4. The fraction of sp³-hybridized carbons (Fsp3) is 1.00. The van der Waals surface area contributed by atoms with Gasteiger partial charge in [0.25, 0.3) is 0 Å². The zero-order valence-electron chi connectivity index (χ0n) is 11.5. The Bertz CT molecular complexity index is 255. The van der Waals surface area contributed by atoms with Crippen molar-refractivity contribution in [1.29, 1.82) is 0 Å². The number of rotatable bonds is 3. The maximum Gasteiger partial charge on any atom is 0.401 e. The molecule has 0 saturated heterocycles. The van der Waals surface area contributed by atoms with Crippen LogP contribution in [0.25, 0.3) is 0 Å². The second-order valence-corrected chi connectivity index (χ2v) is 5.99. The van der Waals surface area contributed by atoms with Crippen molar-refractivity contribution in [3.05, 3.63) is 0 Å². The van der Waals surface area contributed by atoms with Crippen molar-refractivity contribution in [3.63, 3.8) is 0 Å². The van der Waals surface area contributed by atoms with Gasteiger partial charge in [-0.05, 0) is 38.5 Å². The molecule has 0 aliphatic heterocycles. The first-order valence-corrected chi connectivity index (χ1v) is 6.62. The van der Waals surface area contributed by atoms with Crippen LogP contribution in [0, 0.1) is 11.8 Å². The van der Waals surface area contributed by atoms with E-state index in [-0.39, 0.29) is 18.0 Å². The van der Waals surface area contributed by atoms with Gasteiger partial charge in [0, 0.05) is 12.1 Å². The topological polar surface area (TPSA) is 23.5 Å². The van der Waals surface area contributed by atoms with Gasteiger partial charge in [-0.3, -0.25) is 4.90 Å². The minimum absolute atomic E-state index is 0.0912. The van der Waals surface area contributed by atoms with Crippen LogP contribution in [0.15, 0.2) is 0 Å². The Kier molecular flexibility index (Phi) is 5.06. The Morgan fingerprint density at radius 1 is 1.22 bits per heavy atom. The summed E-state index contributed by atoms with van der Waals surface area (Å²) in [5, 5.41) is 10.1. The summed E-state index contributed by atoms with van der Waals surface area (Å²) in [5.74, 6) is 0.472. The highest BCUT2D eigenvalue weighted by Crippen LogP contribution is 2.34. The average Bonchev–Trinajstić information content (AvgIpc) is 2.12. The Labute approximate surface area is 107 Å². The summed E-state index contributed by atoms with van der Waals surface area (Å²) in [6.45, 7) is 6.55. The van der Waals surface area contributed by atoms with Crippen molar-refractivity contribution in [2.24, 2.45) is 11.8 Å². The van der Waals surface area contributed by atoms with E-state index in [0.29, 0.717) is 12.3 Å². The highest BCUT2D eigenvalue weighted by molar-refractivity contribution is 4.91. The molecule has 1 aliphatic rings. The molecule has 1 fully saturated rings. The number of aliphatic hydroxyl groups excluding tert-OH is 1. The molecule has 0 spiro atoms. The second kappa shape index (κ2) is 5.78.